The number of benzene rings is 3. The topological polar surface area (TPSA) is 41.6 Å². The molecule has 4 nitrogen and oxygen atoms in total. The molecule has 0 radical (unpaired) electrons. The van der Waals surface area contributed by atoms with Crippen molar-refractivity contribution in [3.05, 3.63) is 108 Å². The highest BCUT2D eigenvalue weighted by molar-refractivity contribution is 5.81. The van der Waals surface area contributed by atoms with Crippen molar-refractivity contribution in [1.82, 2.24) is 10.2 Å². The van der Waals surface area contributed by atoms with Crippen LogP contribution in [0.1, 0.15) is 54.4 Å². The van der Waals surface area contributed by atoms with Gasteiger partial charge >= 0.3 is 0 Å². The van der Waals surface area contributed by atoms with Gasteiger partial charge in [0.05, 0.1) is 6.10 Å². The average molecular weight is 469 g/mol. The zero-order chi connectivity index (χ0) is 23.9. The van der Waals surface area contributed by atoms with E-state index in [2.05, 4.69) is 76.9 Å². The van der Waals surface area contributed by atoms with Gasteiger partial charge in [0.25, 0.3) is 0 Å². The van der Waals surface area contributed by atoms with Crippen molar-refractivity contribution >= 4 is 5.91 Å². The number of ether oxygens (including phenoxy) is 1. The summed E-state index contributed by atoms with van der Waals surface area (Å²) < 4.78 is 6.37. The molecule has 3 aromatic rings. The average Bonchev–Trinajstić information content (AvgIpc) is 3.37. The van der Waals surface area contributed by atoms with Crippen LogP contribution in [-0.4, -0.2) is 36.5 Å². The highest BCUT2D eigenvalue weighted by Gasteiger charge is 2.40. The van der Waals surface area contributed by atoms with E-state index in [4.69, 9.17) is 4.74 Å². The molecule has 2 aliphatic heterocycles. The van der Waals surface area contributed by atoms with Crippen LogP contribution in [0.2, 0.25) is 0 Å². The Morgan fingerprint density at radius 2 is 1.43 bits per heavy atom. The van der Waals surface area contributed by atoms with Gasteiger partial charge in [0, 0.05) is 19.0 Å². The maximum atomic E-state index is 13.1. The summed E-state index contributed by atoms with van der Waals surface area (Å²) in [6, 6.07) is 31.5. The minimum atomic E-state index is -0.405. The Bertz CT molecular complexity index is 1000. The molecule has 3 unspecified atom stereocenters. The van der Waals surface area contributed by atoms with Crippen molar-refractivity contribution in [3.63, 3.8) is 0 Å². The summed E-state index contributed by atoms with van der Waals surface area (Å²) in [7, 11) is 0. The molecule has 3 atom stereocenters. The molecule has 2 aliphatic rings. The number of nitrogens with one attached hydrogen (secondary N) is 1. The molecule has 0 aromatic heterocycles. The number of likely N-dealkylation sites (tertiary alicyclic amines) is 1. The summed E-state index contributed by atoms with van der Waals surface area (Å²) >= 11 is 0. The van der Waals surface area contributed by atoms with Crippen molar-refractivity contribution in [2.24, 2.45) is 5.92 Å². The second-order valence-electron chi connectivity index (χ2n) is 9.99. The number of carbonyl (C=O) groups is 1. The third-order valence-corrected chi connectivity index (χ3v) is 7.60. The summed E-state index contributed by atoms with van der Waals surface area (Å²) in [6.07, 6.45) is 3.67. The van der Waals surface area contributed by atoms with Crippen LogP contribution in [0.3, 0.4) is 0 Å². The highest BCUT2D eigenvalue weighted by Crippen LogP contribution is 2.44. The molecular formula is C31H36N2O2. The molecule has 182 valence electrons. The molecule has 3 aromatic carbocycles. The van der Waals surface area contributed by atoms with E-state index in [0.717, 1.165) is 38.2 Å². The monoisotopic (exact) mass is 468 g/mol. The minimum absolute atomic E-state index is 0.0332. The molecule has 2 fully saturated rings. The lowest BCUT2D eigenvalue weighted by atomic mass is 9.87. The molecule has 1 amide bonds. The Kier molecular flexibility index (Phi) is 7.92. The lowest BCUT2D eigenvalue weighted by Crippen LogP contribution is -2.37. The number of nitrogens with zero attached hydrogens (tertiary/aromatic N) is 1. The standard InChI is InChI=1S/C31H36N2O2/c34-31(32-19-16-24-17-20-33(21-18-24)23-25-10-4-1-5-11-25)29-22-28(26-12-6-2-7-13-26)30(35-29)27-14-8-3-9-15-27/h1-15,24,28-30H,16-23H2,(H,32,34). The number of rotatable bonds is 8. The van der Waals surface area contributed by atoms with Crippen LogP contribution in [0.5, 0.6) is 0 Å². The maximum absolute atomic E-state index is 13.1. The smallest absolute Gasteiger partial charge is 0.249 e. The van der Waals surface area contributed by atoms with Crippen LogP contribution in [0.25, 0.3) is 0 Å². The zero-order valence-electron chi connectivity index (χ0n) is 20.4. The van der Waals surface area contributed by atoms with Gasteiger partial charge < -0.3 is 10.1 Å². The van der Waals surface area contributed by atoms with Crippen LogP contribution in [-0.2, 0) is 16.1 Å². The van der Waals surface area contributed by atoms with Gasteiger partial charge in [-0.05, 0) is 61.4 Å². The van der Waals surface area contributed by atoms with Gasteiger partial charge in [0.2, 0.25) is 5.91 Å². The van der Waals surface area contributed by atoms with E-state index in [1.54, 1.807) is 0 Å². The van der Waals surface area contributed by atoms with Crippen molar-refractivity contribution in [3.8, 4) is 0 Å². The molecule has 4 heteroatoms. The van der Waals surface area contributed by atoms with Crippen molar-refractivity contribution < 1.29 is 9.53 Å². The van der Waals surface area contributed by atoms with Gasteiger partial charge in [0.1, 0.15) is 6.10 Å². The van der Waals surface area contributed by atoms with Gasteiger partial charge in [0.15, 0.2) is 0 Å². The minimum Gasteiger partial charge on any atom is -0.360 e. The largest absolute Gasteiger partial charge is 0.360 e. The van der Waals surface area contributed by atoms with Crippen LogP contribution < -0.4 is 5.32 Å². The first-order valence-electron chi connectivity index (χ1n) is 13.1. The second kappa shape index (κ2) is 11.7. The van der Waals surface area contributed by atoms with E-state index in [1.165, 1.54) is 24.0 Å². The first-order chi connectivity index (χ1) is 17.3. The molecule has 0 spiro atoms. The van der Waals surface area contributed by atoms with Gasteiger partial charge in [-0.1, -0.05) is 91.0 Å². The predicted molar refractivity (Wildman–Crippen MR) is 140 cm³/mol. The molecule has 5 rings (SSSR count). The number of amides is 1. The van der Waals surface area contributed by atoms with Gasteiger partial charge in [-0.3, -0.25) is 9.69 Å². The lowest BCUT2D eigenvalue weighted by Gasteiger charge is -2.32. The van der Waals surface area contributed by atoms with E-state index in [0.29, 0.717) is 12.3 Å². The van der Waals surface area contributed by atoms with E-state index in [-0.39, 0.29) is 17.9 Å². The summed E-state index contributed by atoms with van der Waals surface area (Å²) in [6.45, 7) is 4.04. The molecular weight excluding hydrogens is 432 g/mol. The fourth-order valence-corrected chi connectivity index (χ4v) is 5.60. The summed E-state index contributed by atoms with van der Waals surface area (Å²) in [5, 5.41) is 3.19. The first kappa shape index (κ1) is 23.8. The van der Waals surface area contributed by atoms with Crippen molar-refractivity contribution in [2.75, 3.05) is 19.6 Å². The van der Waals surface area contributed by atoms with Gasteiger partial charge in [-0.15, -0.1) is 0 Å². The molecule has 2 heterocycles. The third-order valence-electron chi connectivity index (χ3n) is 7.60. The Morgan fingerprint density at radius 3 is 2.09 bits per heavy atom. The maximum Gasteiger partial charge on any atom is 0.249 e. The highest BCUT2D eigenvalue weighted by atomic mass is 16.5. The zero-order valence-corrected chi connectivity index (χ0v) is 20.4. The van der Waals surface area contributed by atoms with E-state index in [9.17, 15) is 4.79 Å². The van der Waals surface area contributed by atoms with Crippen LogP contribution in [0.15, 0.2) is 91.0 Å². The van der Waals surface area contributed by atoms with Crippen molar-refractivity contribution in [2.45, 2.75) is 50.4 Å². The number of hydrogen-bond acceptors (Lipinski definition) is 3. The first-order valence-corrected chi connectivity index (χ1v) is 13.1. The SMILES string of the molecule is O=C(NCCC1CCN(Cc2ccccc2)CC1)C1CC(c2ccccc2)C(c2ccccc2)O1. The molecule has 1 N–H and O–H groups in total. The van der Waals surface area contributed by atoms with Crippen LogP contribution in [0.4, 0.5) is 0 Å². The molecule has 2 saturated heterocycles. The van der Waals surface area contributed by atoms with Crippen molar-refractivity contribution in [1.29, 1.82) is 0 Å². The molecule has 35 heavy (non-hydrogen) atoms. The fraction of sp³-hybridized carbons (Fsp3) is 0.387. The lowest BCUT2D eigenvalue weighted by molar-refractivity contribution is -0.132. The fourth-order valence-electron chi connectivity index (χ4n) is 5.60. The number of hydrogen-bond donors (Lipinski definition) is 1. The quantitative estimate of drug-likeness (QED) is 0.460. The molecule has 0 aliphatic carbocycles. The Labute approximate surface area is 209 Å². The van der Waals surface area contributed by atoms with Gasteiger partial charge in [-0.25, -0.2) is 0 Å². The Hall–Kier alpha value is -2.95. The normalized spacial score (nSPS) is 23.3. The summed E-state index contributed by atoms with van der Waals surface area (Å²) in [4.78, 5) is 15.6. The van der Waals surface area contributed by atoms with E-state index < -0.39 is 6.10 Å². The van der Waals surface area contributed by atoms with Crippen LogP contribution >= 0.6 is 0 Å². The molecule has 0 bridgehead atoms. The van der Waals surface area contributed by atoms with Gasteiger partial charge in [-0.2, -0.15) is 0 Å². The summed E-state index contributed by atoms with van der Waals surface area (Å²) in [5.74, 6) is 0.898. The second-order valence-corrected chi connectivity index (χ2v) is 9.99. The number of piperidine rings is 1. The van der Waals surface area contributed by atoms with Crippen LogP contribution in [0, 0.1) is 5.92 Å². The van der Waals surface area contributed by atoms with E-state index in [1.807, 2.05) is 24.3 Å². The number of carbonyl (C=O) groups excluding carboxylic acids is 1. The van der Waals surface area contributed by atoms with E-state index >= 15 is 0 Å². The summed E-state index contributed by atoms with van der Waals surface area (Å²) in [5.41, 5.74) is 3.76. The Balaban J connectivity index is 1.10. The predicted octanol–water partition coefficient (Wildman–Crippen LogP) is 5.72. The Morgan fingerprint density at radius 1 is 0.829 bits per heavy atom. The third kappa shape index (κ3) is 6.19. The molecule has 0 saturated carbocycles.